The molecular formula is C12H7BCl2F2O2. The SMILES string of the molecule is Fc1ccc(Cl)cc1OBOc1cc(Cl)ccc1F. The van der Waals surface area contributed by atoms with Crippen LogP contribution in [-0.2, 0) is 0 Å². The Balaban J connectivity index is 2.00. The molecule has 19 heavy (non-hydrogen) atoms. The van der Waals surface area contributed by atoms with Crippen molar-refractivity contribution in [2.45, 2.75) is 0 Å². The second-order valence-electron chi connectivity index (χ2n) is 3.56. The van der Waals surface area contributed by atoms with Crippen molar-refractivity contribution in [1.29, 1.82) is 0 Å². The van der Waals surface area contributed by atoms with Gasteiger partial charge in [-0.3, -0.25) is 0 Å². The first-order chi connectivity index (χ1) is 9.06. The van der Waals surface area contributed by atoms with Crippen molar-refractivity contribution in [3.8, 4) is 11.5 Å². The van der Waals surface area contributed by atoms with Crippen LogP contribution in [-0.4, -0.2) is 7.69 Å². The average molecular weight is 303 g/mol. The Bertz CT molecular complexity index is 544. The highest BCUT2D eigenvalue weighted by molar-refractivity contribution is 6.31. The van der Waals surface area contributed by atoms with Crippen LogP contribution in [0.4, 0.5) is 8.78 Å². The number of rotatable bonds is 4. The van der Waals surface area contributed by atoms with Crippen molar-refractivity contribution in [3.05, 3.63) is 58.1 Å². The molecule has 0 unspecified atom stereocenters. The summed E-state index contributed by atoms with van der Waals surface area (Å²) < 4.78 is 36.7. The molecule has 0 aromatic heterocycles. The van der Waals surface area contributed by atoms with Gasteiger partial charge in [0.2, 0.25) is 0 Å². The molecule has 0 N–H and O–H groups in total. The van der Waals surface area contributed by atoms with Crippen LogP contribution in [0.15, 0.2) is 36.4 Å². The molecule has 0 spiro atoms. The highest BCUT2D eigenvalue weighted by Crippen LogP contribution is 2.23. The van der Waals surface area contributed by atoms with Crippen LogP contribution in [0, 0.1) is 11.6 Å². The zero-order valence-corrected chi connectivity index (χ0v) is 11.0. The minimum absolute atomic E-state index is 0.0741. The molecule has 0 aliphatic carbocycles. The van der Waals surface area contributed by atoms with Gasteiger partial charge in [-0.05, 0) is 24.3 Å². The van der Waals surface area contributed by atoms with Gasteiger partial charge in [-0.1, -0.05) is 23.2 Å². The summed E-state index contributed by atoms with van der Waals surface area (Å²) in [6, 6.07) is 7.71. The smallest absolute Gasteiger partial charge is 0.526 e. The van der Waals surface area contributed by atoms with Gasteiger partial charge in [0.15, 0.2) is 11.6 Å². The molecule has 0 saturated heterocycles. The van der Waals surface area contributed by atoms with Crippen molar-refractivity contribution < 1.29 is 18.1 Å². The zero-order chi connectivity index (χ0) is 13.8. The molecule has 2 aromatic carbocycles. The van der Waals surface area contributed by atoms with Crippen molar-refractivity contribution in [2.75, 3.05) is 0 Å². The van der Waals surface area contributed by atoms with Crippen molar-refractivity contribution in [2.24, 2.45) is 0 Å². The van der Waals surface area contributed by atoms with E-state index < -0.39 is 11.6 Å². The fourth-order valence-electron chi connectivity index (χ4n) is 1.33. The maximum atomic E-state index is 13.3. The normalized spacial score (nSPS) is 10.1. The van der Waals surface area contributed by atoms with Gasteiger partial charge in [-0.15, -0.1) is 0 Å². The highest BCUT2D eigenvalue weighted by atomic mass is 35.5. The second kappa shape index (κ2) is 6.13. The molecule has 0 atom stereocenters. The van der Waals surface area contributed by atoms with E-state index in [4.69, 9.17) is 32.5 Å². The van der Waals surface area contributed by atoms with Crippen molar-refractivity contribution in [3.63, 3.8) is 0 Å². The first kappa shape index (κ1) is 14.0. The van der Waals surface area contributed by atoms with E-state index in [2.05, 4.69) is 0 Å². The van der Waals surface area contributed by atoms with Gasteiger partial charge < -0.3 is 9.31 Å². The van der Waals surface area contributed by atoms with Gasteiger partial charge in [0, 0.05) is 22.2 Å². The molecule has 0 aliphatic rings. The lowest BCUT2D eigenvalue weighted by Gasteiger charge is -2.09. The standard InChI is InChI=1S/C12H7BCl2F2O2/c14-7-1-3-9(16)11(5-7)18-13-19-12-6-8(15)2-4-10(12)17/h1-6,13H. The molecule has 0 aliphatic heterocycles. The van der Waals surface area contributed by atoms with E-state index in [9.17, 15) is 8.78 Å². The third-order valence-corrected chi connectivity index (χ3v) is 2.69. The third kappa shape index (κ3) is 3.75. The molecule has 98 valence electrons. The topological polar surface area (TPSA) is 18.5 Å². The summed E-state index contributed by atoms with van der Waals surface area (Å²) in [5, 5.41) is 0.649. The van der Waals surface area contributed by atoms with E-state index in [0.29, 0.717) is 10.0 Å². The average Bonchev–Trinajstić information content (AvgIpc) is 2.38. The van der Waals surface area contributed by atoms with Crippen molar-refractivity contribution >= 4 is 30.9 Å². The first-order valence-corrected chi connectivity index (χ1v) is 5.97. The van der Waals surface area contributed by atoms with Crippen LogP contribution in [0.3, 0.4) is 0 Å². The van der Waals surface area contributed by atoms with E-state index in [-0.39, 0.29) is 19.2 Å². The fourth-order valence-corrected chi connectivity index (χ4v) is 1.66. The molecule has 2 rings (SSSR count). The molecule has 0 saturated carbocycles. The maximum Gasteiger partial charge on any atom is 0.576 e. The molecule has 0 radical (unpaired) electrons. The molecular weight excluding hydrogens is 296 g/mol. The van der Waals surface area contributed by atoms with Crippen LogP contribution < -0.4 is 9.31 Å². The summed E-state index contributed by atoms with van der Waals surface area (Å²) in [5.41, 5.74) is 0. The van der Waals surface area contributed by atoms with Crippen LogP contribution in [0.5, 0.6) is 11.5 Å². The van der Waals surface area contributed by atoms with E-state index in [1.54, 1.807) is 0 Å². The summed E-state index contributed by atoms with van der Waals surface area (Å²) in [7, 11) is -0.367. The summed E-state index contributed by atoms with van der Waals surface area (Å²) >= 11 is 11.4. The predicted octanol–water partition coefficient (Wildman–Crippen LogP) is 4.00. The fraction of sp³-hybridized carbons (Fsp3) is 0. The lowest BCUT2D eigenvalue weighted by atomic mass is 10.3. The van der Waals surface area contributed by atoms with Crippen molar-refractivity contribution in [1.82, 2.24) is 0 Å². The minimum atomic E-state index is -0.584. The van der Waals surface area contributed by atoms with Gasteiger partial charge in [-0.25, -0.2) is 8.78 Å². The van der Waals surface area contributed by atoms with Gasteiger partial charge >= 0.3 is 7.69 Å². The summed E-state index contributed by atoms with van der Waals surface area (Å²) in [4.78, 5) is 0. The largest absolute Gasteiger partial charge is 0.576 e. The van der Waals surface area contributed by atoms with E-state index in [1.807, 2.05) is 0 Å². The Labute approximate surface area is 119 Å². The third-order valence-electron chi connectivity index (χ3n) is 2.22. The number of hydrogen-bond acceptors (Lipinski definition) is 2. The number of benzene rings is 2. The predicted molar refractivity (Wildman–Crippen MR) is 71.2 cm³/mol. The maximum absolute atomic E-state index is 13.3. The highest BCUT2D eigenvalue weighted by Gasteiger charge is 2.09. The lowest BCUT2D eigenvalue weighted by molar-refractivity contribution is 0.421. The Kier molecular flexibility index (Phi) is 4.50. The molecule has 2 nitrogen and oxygen atoms in total. The van der Waals surface area contributed by atoms with Crippen LogP contribution in [0.2, 0.25) is 10.0 Å². The Morgan fingerprint density at radius 3 is 1.63 bits per heavy atom. The van der Waals surface area contributed by atoms with Gasteiger partial charge in [0.1, 0.15) is 11.5 Å². The van der Waals surface area contributed by atoms with Gasteiger partial charge in [0.05, 0.1) is 0 Å². The summed E-state index contributed by atoms with van der Waals surface area (Å²) in [6.07, 6.45) is 0. The summed E-state index contributed by atoms with van der Waals surface area (Å²) in [5.74, 6) is -1.32. The Hall–Kier alpha value is -1.46. The Morgan fingerprint density at radius 1 is 0.789 bits per heavy atom. The van der Waals surface area contributed by atoms with E-state index in [0.717, 1.165) is 12.1 Å². The Morgan fingerprint density at radius 2 is 1.21 bits per heavy atom. The quantitative estimate of drug-likeness (QED) is 0.795. The van der Waals surface area contributed by atoms with E-state index >= 15 is 0 Å². The molecule has 7 heteroatoms. The monoisotopic (exact) mass is 302 g/mol. The summed E-state index contributed by atoms with van der Waals surface area (Å²) in [6.45, 7) is 0. The zero-order valence-electron chi connectivity index (χ0n) is 9.50. The molecule has 0 fully saturated rings. The van der Waals surface area contributed by atoms with Gasteiger partial charge in [0.25, 0.3) is 0 Å². The van der Waals surface area contributed by atoms with Crippen LogP contribution in [0.1, 0.15) is 0 Å². The van der Waals surface area contributed by atoms with Crippen LogP contribution in [0.25, 0.3) is 0 Å². The molecule has 0 amide bonds. The van der Waals surface area contributed by atoms with Gasteiger partial charge in [-0.2, -0.15) is 0 Å². The molecule has 2 aromatic rings. The minimum Gasteiger partial charge on any atom is -0.526 e. The molecule has 0 bridgehead atoms. The van der Waals surface area contributed by atoms with E-state index in [1.165, 1.54) is 24.3 Å². The number of halogens is 4. The second-order valence-corrected chi connectivity index (χ2v) is 4.43. The number of hydrogen-bond donors (Lipinski definition) is 0. The molecule has 0 heterocycles. The first-order valence-electron chi connectivity index (χ1n) is 5.22. The lowest BCUT2D eigenvalue weighted by Crippen LogP contribution is -2.12. The van der Waals surface area contributed by atoms with Crippen LogP contribution >= 0.6 is 23.2 Å².